The minimum atomic E-state index is -0.626. The van der Waals surface area contributed by atoms with E-state index in [1.807, 2.05) is 4.90 Å². The Hall–Kier alpha value is -1.10. The molecule has 3 rings (SSSR count). The molecule has 3 fully saturated rings. The average molecular weight is 266 g/mol. The van der Waals surface area contributed by atoms with Crippen molar-refractivity contribution in [3.05, 3.63) is 0 Å². The zero-order valence-electron chi connectivity index (χ0n) is 11.5. The molecule has 1 saturated carbocycles. The molecule has 1 atom stereocenters. The highest BCUT2D eigenvalue weighted by atomic mass is 16.5. The van der Waals surface area contributed by atoms with E-state index in [1.54, 1.807) is 0 Å². The fraction of sp³-hybridized carbons (Fsp3) is 0.857. The largest absolute Gasteiger partial charge is 0.379 e. The molecular weight excluding hydrogens is 244 g/mol. The molecule has 2 aliphatic heterocycles. The number of rotatable bonds is 1. The lowest BCUT2D eigenvalue weighted by Gasteiger charge is -2.40. The third kappa shape index (κ3) is 2.04. The molecule has 19 heavy (non-hydrogen) atoms. The van der Waals surface area contributed by atoms with Crippen LogP contribution in [0, 0.1) is 0 Å². The van der Waals surface area contributed by atoms with Gasteiger partial charge in [0.05, 0.1) is 12.1 Å². The molecule has 1 aliphatic carbocycles. The monoisotopic (exact) mass is 266 g/mol. The van der Waals surface area contributed by atoms with E-state index in [0.717, 1.165) is 32.1 Å². The van der Waals surface area contributed by atoms with Crippen LogP contribution in [0.4, 0.5) is 0 Å². The molecule has 0 aromatic carbocycles. The van der Waals surface area contributed by atoms with Crippen LogP contribution in [-0.2, 0) is 14.3 Å². The number of nitrogens with zero attached hydrogens (tertiary/aromatic N) is 1. The molecule has 1 N–H and O–H groups in total. The molecule has 1 spiro atoms. The van der Waals surface area contributed by atoms with Crippen molar-refractivity contribution in [1.29, 1.82) is 0 Å². The van der Waals surface area contributed by atoms with Crippen molar-refractivity contribution in [3.63, 3.8) is 0 Å². The van der Waals surface area contributed by atoms with Crippen molar-refractivity contribution in [2.45, 2.75) is 56.5 Å². The predicted molar refractivity (Wildman–Crippen MR) is 69.5 cm³/mol. The summed E-state index contributed by atoms with van der Waals surface area (Å²) >= 11 is 0. The first-order valence-corrected chi connectivity index (χ1v) is 7.27. The zero-order chi connectivity index (χ0) is 13.5. The van der Waals surface area contributed by atoms with Crippen LogP contribution in [0.1, 0.15) is 45.4 Å². The van der Waals surface area contributed by atoms with Crippen LogP contribution in [0.15, 0.2) is 0 Å². The minimum Gasteiger partial charge on any atom is -0.379 e. The first kappa shape index (κ1) is 12.9. The summed E-state index contributed by atoms with van der Waals surface area (Å²) in [5, 5.41) is 3.00. The summed E-state index contributed by atoms with van der Waals surface area (Å²) in [7, 11) is 0. The molecule has 2 amide bonds. The summed E-state index contributed by atoms with van der Waals surface area (Å²) in [4.78, 5) is 26.8. The van der Waals surface area contributed by atoms with Crippen LogP contribution >= 0.6 is 0 Å². The van der Waals surface area contributed by atoms with Gasteiger partial charge in [0.1, 0.15) is 5.54 Å². The Bertz CT molecular complexity index is 395. The maximum Gasteiger partial charge on any atom is 0.248 e. The lowest BCUT2D eigenvalue weighted by atomic mass is 9.91. The number of ether oxygens (including phenoxy) is 1. The molecule has 5 nitrogen and oxygen atoms in total. The number of carbonyl (C=O) groups is 2. The third-order valence-electron chi connectivity index (χ3n) is 4.90. The summed E-state index contributed by atoms with van der Waals surface area (Å²) in [5.74, 6) is 0.129. The van der Waals surface area contributed by atoms with Gasteiger partial charge in [0, 0.05) is 19.6 Å². The van der Waals surface area contributed by atoms with E-state index in [9.17, 15) is 9.59 Å². The predicted octanol–water partition coefficient (Wildman–Crippen LogP) is 0.827. The summed E-state index contributed by atoms with van der Waals surface area (Å²) in [6.07, 6.45) is 4.88. The van der Waals surface area contributed by atoms with Crippen LogP contribution in [0.3, 0.4) is 0 Å². The Morgan fingerprint density at radius 2 is 1.95 bits per heavy atom. The van der Waals surface area contributed by atoms with E-state index >= 15 is 0 Å². The lowest BCUT2D eigenvalue weighted by molar-refractivity contribution is -0.144. The highest BCUT2D eigenvalue weighted by molar-refractivity contribution is 5.94. The Labute approximate surface area is 113 Å². The normalized spacial score (nSPS) is 34.7. The number of carbonyl (C=O) groups excluding carboxylic acids is 2. The first-order chi connectivity index (χ1) is 9.06. The maximum atomic E-state index is 13.0. The molecule has 2 heterocycles. The fourth-order valence-electron chi connectivity index (χ4n) is 3.66. The molecule has 1 unspecified atom stereocenters. The van der Waals surface area contributed by atoms with Gasteiger partial charge in [0.2, 0.25) is 11.8 Å². The maximum absolute atomic E-state index is 13.0. The van der Waals surface area contributed by atoms with Gasteiger partial charge in [-0.3, -0.25) is 9.59 Å². The van der Waals surface area contributed by atoms with Crippen LogP contribution in [0.2, 0.25) is 0 Å². The molecule has 0 radical (unpaired) electrons. The lowest BCUT2D eigenvalue weighted by Crippen LogP contribution is -2.60. The molecule has 0 aromatic heterocycles. The smallest absolute Gasteiger partial charge is 0.248 e. The molecule has 2 saturated heterocycles. The van der Waals surface area contributed by atoms with Crippen molar-refractivity contribution < 1.29 is 14.3 Å². The van der Waals surface area contributed by atoms with E-state index in [-0.39, 0.29) is 17.4 Å². The van der Waals surface area contributed by atoms with Gasteiger partial charge in [-0.05, 0) is 26.2 Å². The van der Waals surface area contributed by atoms with Crippen molar-refractivity contribution in [2.24, 2.45) is 0 Å². The standard InChI is InChI=1S/C14H22N2O3/c1-13(7-9-19-10-13)16-8-4-11(17)15-14(12(16)18)5-2-3-6-14/h2-10H2,1H3,(H,15,17). The summed E-state index contributed by atoms with van der Waals surface area (Å²) in [6, 6.07) is 0. The van der Waals surface area contributed by atoms with Gasteiger partial charge < -0.3 is 15.0 Å². The average Bonchev–Trinajstić information content (AvgIpc) is 2.97. The molecule has 5 heteroatoms. The summed E-state index contributed by atoms with van der Waals surface area (Å²) in [5.41, 5.74) is -0.863. The van der Waals surface area contributed by atoms with Crippen molar-refractivity contribution >= 4 is 11.8 Å². The van der Waals surface area contributed by atoms with Crippen LogP contribution < -0.4 is 5.32 Å². The molecule has 0 bridgehead atoms. The molecule has 3 aliphatic rings. The summed E-state index contributed by atoms with van der Waals surface area (Å²) < 4.78 is 5.48. The Kier molecular flexibility index (Phi) is 3.04. The highest BCUT2D eigenvalue weighted by Crippen LogP contribution is 2.37. The Balaban J connectivity index is 1.91. The zero-order valence-corrected chi connectivity index (χ0v) is 11.5. The number of hydrogen-bond donors (Lipinski definition) is 1. The molecular formula is C14H22N2O3. The number of amides is 2. The second-order valence-electron chi connectivity index (χ2n) is 6.34. The van der Waals surface area contributed by atoms with Gasteiger partial charge in [0.25, 0.3) is 0 Å². The quantitative estimate of drug-likeness (QED) is 0.764. The first-order valence-electron chi connectivity index (χ1n) is 7.27. The Morgan fingerprint density at radius 3 is 2.58 bits per heavy atom. The second kappa shape index (κ2) is 4.47. The Morgan fingerprint density at radius 1 is 1.21 bits per heavy atom. The minimum absolute atomic E-state index is 0.0141. The van der Waals surface area contributed by atoms with Crippen LogP contribution in [0.25, 0.3) is 0 Å². The fourth-order valence-corrected chi connectivity index (χ4v) is 3.66. The highest BCUT2D eigenvalue weighted by Gasteiger charge is 2.51. The number of nitrogens with one attached hydrogen (secondary N) is 1. The number of hydrogen-bond acceptors (Lipinski definition) is 3. The molecule has 106 valence electrons. The topological polar surface area (TPSA) is 58.6 Å². The van der Waals surface area contributed by atoms with Gasteiger partial charge in [-0.25, -0.2) is 0 Å². The van der Waals surface area contributed by atoms with Gasteiger partial charge >= 0.3 is 0 Å². The van der Waals surface area contributed by atoms with E-state index in [1.165, 1.54) is 0 Å². The van der Waals surface area contributed by atoms with E-state index in [0.29, 0.717) is 26.2 Å². The van der Waals surface area contributed by atoms with E-state index in [4.69, 9.17) is 4.74 Å². The van der Waals surface area contributed by atoms with Crippen molar-refractivity contribution in [2.75, 3.05) is 19.8 Å². The van der Waals surface area contributed by atoms with Crippen molar-refractivity contribution in [3.8, 4) is 0 Å². The van der Waals surface area contributed by atoms with Gasteiger partial charge in [0.15, 0.2) is 0 Å². The SMILES string of the molecule is CC1(N2CCC(=O)NC3(CCCC3)C2=O)CCOC1. The van der Waals surface area contributed by atoms with Gasteiger partial charge in [-0.1, -0.05) is 12.8 Å². The van der Waals surface area contributed by atoms with Gasteiger partial charge in [-0.2, -0.15) is 0 Å². The molecule has 0 aromatic rings. The van der Waals surface area contributed by atoms with E-state index in [2.05, 4.69) is 12.2 Å². The van der Waals surface area contributed by atoms with Crippen LogP contribution in [0.5, 0.6) is 0 Å². The third-order valence-corrected chi connectivity index (χ3v) is 4.90. The van der Waals surface area contributed by atoms with Crippen molar-refractivity contribution in [1.82, 2.24) is 10.2 Å². The van der Waals surface area contributed by atoms with E-state index < -0.39 is 5.54 Å². The summed E-state index contributed by atoms with van der Waals surface area (Å²) in [6.45, 7) is 3.89. The van der Waals surface area contributed by atoms with Crippen LogP contribution in [-0.4, -0.2) is 47.6 Å². The van der Waals surface area contributed by atoms with Gasteiger partial charge in [-0.15, -0.1) is 0 Å². The second-order valence-corrected chi connectivity index (χ2v) is 6.34.